The minimum atomic E-state index is -0.479. The van der Waals surface area contributed by atoms with Gasteiger partial charge in [-0.3, -0.25) is 9.69 Å². The van der Waals surface area contributed by atoms with Gasteiger partial charge < -0.3 is 14.8 Å². The van der Waals surface area contributed by atoms with Gasteiger partial charge in [0, 0.05) is 18.6 Å². The molecule has 1 heterocycles. The Morgan fingerprint density at radius 3 is 3.00 bits per heavy atom. The van der Waals surface area contributed by atoms with Crippen molar-refractivity contribution in [3.8, 4) is 0 Å². The molecule has 3 unspecified atom stereocenters. The van der Waals surface area contributed by atoms with Crippen LogP contribution in [0.5, 0.6) is 0 Å². The van der Waals surface area contributed by atoms with Gasteiger partial charge in [-0.05, 0) is 39.2 Å². The van der Waals surface area contributed by atoms with E-state index in [-0.39, 0.29) is 5.97 Å². The molecular formula is C15H28N2O3. The summed E-state index contributed by atoms with van der Waals surface area (Å²) in [5, 5.41) is 3.45. The fraction of sp³-hybridized carbons (Fsp3) is 0.933. The van der Waals surface area contributed by atoms with E-state index in [1.165, 1.54) is 7.11 Å². The lowest BCUT2D eigenvalue weighted by molar-refractivity contribution is -0.148. The van der Waals surface area contributed by atoms with Gasteiger partial charge in [0.1, 0.15) is 5.54 Å². The molecule has 5 heteroatoms. The second-order valence-corrected chi connectivity index (χ2v) is 6.06. The van der Waals surface area contributed by atoms with Crippen molar-refractivity contribution in [2.75, 3.05) is 33.4 Å². The Labute approximate surface area is 122 Å². The highest BCUT2D eigenvalue weighted by molar-refractivity contribution is 5.81. The molecule has 0 spiro atoms. The maximum atomic E-state index is 12.2. The molecule has 1 N–H and O–H groups in total. The molecule has 0 aromatic rings. The van der Waals surface area contributed by atoms with Gasteiger partial charge in [0.2, 0.25) is 0 Å². The van der Waals surface area contributed by atoms with Crippen LogP contribution in [-0.2, 0) is 14.3 Å². The molecule has 5 nitrogen and oxygen atoms in total. The Morgan fingerprint density at radius 2 is 2.35 bits per heavy atom. The first-order valence-electron chi connectivity index (χ1n) is 7.80. The predicted molar refractivity (Wildman–Crippen MR) is 77.7 cm³/mol. The summed E-state index contributed by atoms with van der Waals surface area (Å²) >= 11 is 0. The zero-order valence-corrected chi connectivity index (χ0v) is 13.0. The minimum absolute atomic E-state index is 0.102. The standard InChI is InChI=1S/C15H28N2O3/c1-4-7-16-15(14(18)19-3)6-5-13(10-15)17-8-9-20-11-12(17)2/h12-13,16H,4-11H2,1-3H3. The lowest BCUT2D eigenvalue weighted by Gasteiger charge is -2.38. The number of esters is 1. The van der Waals surface area contributed by atoms with Crippen molar-refractivity contribution < 1.29 is 14.3 Å². The van der Waals surface area contributed by atoms with E-state index in [1.807, 2.05) is 0 Å². The number of carbonyl (C=O) groups is 1. The third kappa shape index (κ3) is 3.15. The van der Waals surface area contributed by atoms with Crippen LogP contribution in [0.1, 0.15) is 39.5 Å². The molecule has 0 aromatic heterocycles. The summed E-state index contributed by atoms with van der Waals surface area (Å²) in [6.45, 7) is 7.75. The molecule has 0 amide bonds. The second-order valence-electron chi connectivity index (χ2n) is 6.06. The van der Waals surface area contributed by atoms with E-state index in [9.17, 15) is 4.79 Å². The van der Waals surface area contributed by atoms with Gasteiger partial charge in [-0.1, -0.05) is 6.92 Å². The highest BCUT2D eigenvalue weighted by Crippen LogP contribution is 2.35. The van der Waals surface area contributed by atoms with Gasteiger partial charge in [0.15, 0.2) is 0 Å². The van der Waals surface area contributed by atoms with Crippen LogP contribution in [0.3, 0.4) is 0 Å². The van der Waals surface area contributed by atoms with Crippen LogP contribution >= 0.6 is 0 Å². The smallest absolute Gasteiger partial charge is 0.326 e. The van der Waals surface area contributed by atoms with Crippen LogP contribution in [0, 0.1) is 0 Å². The van der Waals surface area contributed by atoms with Gasteiger partial charge in [-0.15, -0.1) is 0 Å². The molecule has 116 valence electrons. The Morgan fingerprint density at radius 1 is 1.55 bits per heavy atom. The molecular weight excluding hydrogens is 256 g/mol. The van der Waals surface area contributed by atoms with Crippen molar-refractivity contribution in [1.82, 2.24) is 10.2 Å². The number of methoxy groups -OCH3 is 1. The highest BCUT2D eigenvalue weighted by Gasteiger charge is 2.48. The first-order chi connectivity index (χ1) is 9.63. The van der Waals surface area contributed by atoms with Gasteiger partial charge in [-0.25, -0.2) is 0 Å². The fourth-order valence-corrected chi connectivity index (χ4v) is 3.56. The lowest BCUT2D eigenvalue weighted by atomic mass is 9.96. The molecule has 1 saturated carbocycles. The van der Waals surface area contributed by atoms with E-state index in [0.29, 0.717) is 12.1 Å². The number of nitrogens with one attached hydrogen (secondary N) is 1. The van der Waals surface area contributed by atoms with Crippen molar-refractivity contribution in [3.63, 3.8) is 0 Å². The van der Waals surface area contributed by atoms with Crippen LogP contribution in [0.2, 0.25) is 0 Å². The van der Waals surface area contributed by atoms with Gasteiger partial charge in [0.25, 0.3) is 0 Å². The lowest BCUT2D eigenvalue weighted by Crippen LogP contribution is -2.54. The largest absolute Gasteiger partial charge is 0.468 e. The quantitative estimate of drug-likeness (QED) is 0.768. The van der Waals surface area contributed by atoms with Crippen LogP contribution in [0.15, 0.2) is 0 Å². The third-order valence-electron chi connectivity index (χ3n) is 4.67. The summed E-state index contributed by atoms with van der Waals surface area (Å²) in [5.74, 6) is -0.102. The molecule has 2 fully saturated rings. The Hall–Kier alpha value is -0.650. The van der Waals surface area contributed by atoms with E-state index in [4.69, 9.17) is 9.47 Å². The number of hydrogen-bond acceptors (Lipinski definition) is 5. The monoisotopic (exact) mass is 284 g/mol. The molecule has 3 atom stereocenters. The van der Waals surface area contributed by atoms with Crippen molar-refractivity contribution in [1.29, 1.82) is 0 Å². The SMILES string of the molecule is CCCNC1(C(=O)OC)CCC(N2CCOCC2C)C1. The number of nitrogens with zero attached hydrogens (tertiary/aromatic N) is 1. The van der Waals surface area contributed by atoms with Crippen molar-refractivity contribution in [2.45, 2.75) is 57.2 Å². The first kappa shape index (κ1) is 15.7. The summed E-state index contributed by atoms with van der Waals surface area (Å²) in [5.41, 5.74) is -0.479. The number of rotatable bonds is 5. The Bertz CT molecular complexity index is 337. The molecule has 1 aliphatic heterocycles. The van der Waals surface area contributed by atoms with Crippen molar-refractivity contribution >= 4 is 5.97 Å². The van der Waals surface area contributed by atoms with Crippen molar-refractivity contribution in [2.24, 2.45) is 0 Å². The Balaban J connectivity index is 2.04. The second kappa shape index (κ2) is 6.87. The third-order valence-corrected chi connectivity index (χ3v) is 4.67. The predicted octanol–water partition coefficient (Wildman–Crippen LogP) is 1.17. The van der Waals surface area contributed by atoms with Crippen LogP contribution in [0.25, 0.3) is 0 Å². The van der Waals surface area contributed by atoms with Gasteiger partial charge in [0.05, 0.1) is 20.3 Å². The summed E-state index contributed by atoms with van der Waals surface area (Å²) in [4.78, 5) is 14.7. The van der Waals surface area contributed by atoms with Crippen molar-refractivity contribution in [3.05, 3.63) is 0 Å². The number of morpholine rings is 1. The minimum Gasteiger partial charge on any atom is -0.468 e. The van der Waals surface area contributed by atoms with E-state index < -0.39 is 5.54 Å². The number of carbonyl (C=O) groups excluding carboxylic acids is 1. The van der Waals surface area contributed by atoms with Crippen LogP contribution in [0.4, 0.5) is 0 Å². The average Bonchev–Trinajstić information content (AvgIpc) is 2.90. The van der Waals surface area contributed by atoms with E-state index >= 15 is 0 Å². The van der Waals surface area contributed by atoms with Crippen LogP contribution < -0.4 is 5.32 Å². The summed E-state index contributed by atoms with van der Waals surface area (Å²) < 4.78 is 10.6. The molecule has 1 aliphatic carbocycles. The summed E-state index contributed by atoms with van der Waals surface area (Å²) in [6, 6.07) is 0.894. The Kier molecular flexibility index (Phi) is 5.41. The summed E-state index contributed by atoms with van der Waals surface area (Å²) in [7, 11) is 1.49. The molecule has 2 aliphatic rings. The molecule has 1 saturated heterocycles. The van der Waals surface area contributed by atoms with Gasteiger partial charge >= 0.3 is 5.97 Å². The molecule has 20 heavy (non-hydrogen) atoms. The van der Waals surface area contributed by atoms with E-state index in [0.717, 1.165) is 52.0 Å². The van der Waals surface area contributed by atoms with E-state index in [2.05, 4.69) is 24.1 Å². The topological polar surface area (TPSA) is 50.8 Å². The first-order valence-corrected chi connectivity index (χ1v) is 7.80. The normalized spacial score (nSPS) is 35.1. The molecule has 0 radical (unpaired) electrons. The molecule has 0 bridgehead atoms. The van der Waals surface area contributed by atoms with Crippen LogP contribution in [-0.4, -0.2) is 61.9 Å². The van der Waals surface area contributed by atoms with E-state index in [1.54, 1.807) is 0 Å². The zero-order valence-electron chi connectivity index (χ0n) is 13.0. The van der Waals surface area contributed by atoms with Gasteiger partial charge in [-0.2, -0.15) is 0 Å². The summed E-state index contributed by atoms with van der Waals surface area (Å²) in [6.07, 6.45) is 3.80. The maximum absolute atomic E-state index is 12.2. The zero-order chi connectivity index (χ0) is 14.6. The highest BCUT2D eigenvalue weighted by atomic mass is 16.5. The maximum Gasteiger partial charge on any atom is 0.326 e. The molecule has 2 rings (SSSR count). The number of ether oxygens (including phenoxy) is 2. The average molecular weight is 284 g/mol. The number of hydrogen-bond donors (Lipinski definition) is 1. The molecule has 0 aromatic carbocycles. The fourth-order valence-electron chi connectivity index (χ4n) is 3.56.